The van der Waals surface area contributed by atoms with E-state index in [1.54, 1.807) is 0 Å². The van der Waals surface area contributed by atoms with Crippen molar-refractivity contribution in [1.82, 2.24) is 4.90 Å². The van der Waals surface area contributed by atoms with Crippen LogP contribution in [0.15, 0.2) is 16.6 Å². The van der Waals surface area contributed by atoms with E-state index >= 15 is 0 Å². The molecular weight excluding hydrogens is 325 g/mol. The first-order valence-electron chi connectivity index (χ1n) is 5.59. The van der Waals surface area contributed by atoms with Crippen molar-refractivity contribution in [3.8, 4) is 0 Å². The average Bonchev–Trinajstić information content (AvgIpc) is 2.29. The molecule has 0 fully saturated rings. The quantitative estimate of drug-likeness (QED) is 0.829. The van der Waals surface area contributed by atoms with E-state index in [-0.39, 0.29) is 22.9 Å². The van der Waals surface area contributed by atoms with Crippen LogP contribution in [0.4, 0.5) is 8.78 Å². The van der Waals surface area contributed by atoms with Gasteiger partial charge in [-0.1, -0.05) is 6.92 Å². The summed E-state index contributed by atoms with van der Waals surface area (Å²) in [5, 5.41) is 0. The van der Waals surface area contributed by atoms with Gasteiger partial charge in [-0.25, -0.2) is 8.78 Å². The molecule has 0 spiro atoms. The lowest BCUT2D eigenvalue weighted by molar-refractivity contribution is 0.223. The van der Waals surface area contributed by atoms with Gasteiger partial charge in [0.25, 0.3) is 0 Å². The second-order valence-corrected chi connectivity index (χ2v) is 4.74. The van der Waals surface area contributed by atoms with Crippen molar-refractivity contribution >= 4 is 28.3 Å². The van der Waals surface area contributed by atoms with Crippen molar-refractivity contribution in [3.05, 3.63) is 33.8 Å². The van der Waals surface area contributed by atoms with Gasteiger partial charge in [-0.15, -0.1) is 12.4 Å². The standard InChI is InChI=1S/C12H17BrF2N2.ClH/c1-3-17(5-4-16)8(2)10-6-9(14)7-11(13)12(10)15;/h6-8H,3-5,16H2,1-2H3;1H. The van der Waals surface area contributed by atoms with Crippen molar-refractivity contribution in [3.63, 3.8) is 0 Å². The number of hydrogen-bond acceptors (Lipinski definition) is 2. The van der Waals surface area contributed by atoms with E-state index in [2.05, 4.69) is 15.9 Å². The molecule has 104 valence electrons. The number of rotatable bonds is 5. The van der Waals surface area contributed by atoms with E-state index in [1.807, 2.05) is 18.7 Å². The van der Waals surface area contributed by atoms with E-state index < -0.39 is 11.6 Å². The molecule has 1 atom stereocenters. The molecule has 1 unspecified atom stereocenters. The molecule has 2 N–H and O–H groups in total. The second-order valence-electron chi connectivity index (χ2n) is 3.88. The molecule has 1 aromatic rings. The lowest BCUT2D eigenvalue weighted by Gasteiger charge is -2.28. The maximum absolute atomic E-state index is 13.9. The van der Waals surface area contributed by atoms with E-state index in [9.17, 15) is 8.78 Å². The van der Waals surface area contributed by atoms with Crippen molar-refractivity contribution < 1.29 is 8.78 Å². The Morgan fingerprint density at radius 2 is 2.00 bits per heavy atom. The predicted octanol–water partition coefficient (Wildman–Crippen LogP) is 3.49. The molecule has 0 amide bonds. The number of likely N-dealkylation sites (N-methyl/N-ethyl adjacent to an activating group) is 1. The molecule has 6 heteroatoms. The van der Waals surface area contributed by atoms with E-state index in [1.165, 1.54) is 6.07 Å². The minimum atomic E-state index is -0.441. The third-order valence-corrected chi connectivity index (χ3v) is 3.42. The van der Waals surface area contributed by atoms with Crippen molar-refractivity contribution in [2.45, 2.75) is 19.9 Å². The maximum atomic E-state index is 13.9. The summed E-state index contributed by atoms with van der Waals surface area (Å²) in [7, 11) is 0. The van der Waals surface area contributed by atoms with E-state index in [4.69, 9.17) is 5.73 Å². The van der Waals surface area contributed by atoms with Crippen LogP contribution in [-0.4, -0.2) is 24.5 Å². The molecule has 1 aromatic carbocycles. The Bertz CT molecular complexity index is 391. The predicted molar refractivity (Wildman–Crippen MR) is 76.0 cm³/mol. The van der Waals surface area contributed by atoms with Crippen LogP contribution in [0.25, 0.3) is 0 Å². The second kappa shape index (κ2) is 8.04. The van der Waals surface area contributed by atoms with Crippen LogP contribution >= 0.6 is 28.3 Å². The van der Waals surface area contributed by atoms with Crippen LogP contribution in [0.2, 0.25) is 0 Å². The van der Waals surface area contributed by atoms with Crippen molar-refractivity contribution in [2.75, 3.05) is 19.6 Å². The summed E-state index contributed by atoms with van der Waals surface area (Å²) in [6.45, 7) is 5.72. The highest BCUT2D eigenvalue weighted by Gasteiger charge is 2.19. The fraction of sp³-hybridized carbons (Fsp3) is 0.500. The summed E-state index contributed by atoms with van der Waals surface area (Å²) in [4.78, 5) is 2.00. The Morgan fingerprint density at radius 3 is 2.50 bits per heavy atom. The summed E-state index contributed by atoms with van der Waals surface area (Å²) < 4.78 is 27.3. The van der Waals surface area contributed by atoms with Gasteiger partial charge in [0, 0.05) is 24.7 Å². The minimum absolute atomic E-state index is 0. The van der Waals surface area contributed by atoms with E-state index in [0.717, 1.165) is 12.6 Å². The monoisotopic (exact) mass is 342 g/mol. The van der Waals surface area contributed by atoms with Gasteiger partial charge in [-0.3, -0.25) is 4.90 Å². The zero-order chi connectivity index (χ0) is 13.0. The first kappa shape index (κ1) is 17.8. The molecule has 0 saturated carbocycles. The highest BCUT2D eigenvalue weighted by Crippen LogP contribution is 2.28. The topological polar surface area (TPSA) is 29.3 Å². The minimum Gasteiger partial charge on any atom is -0.329 e. The van der Waals surface area contributed by atoms with Gasteiger partial charge in [0.15, 0.2) is 0 Å². The Balaban J connectivity index is 0.00000289. The van der Waals surface area contributed by atoms with Gasteiger partial charge in [0.2, 0.25) is 0 Å². The highest BCUT2D eigenvalue weighted by atomic mass is 79.9. The smallest absolute Gasteiger partial charge is 0.142 e. The van der Waals surface area contributed by atoms with Crippen LogP contribution < -0.4 is 5.73 Å². The summed E-state index contributed by atoms with van der Waals surface area (Å²) in [5.74, 6) is -0.849. The third kappa shape index (κ3) is 4.16. The van der Waals surface area contributed by atoms with Gasteiger partial charge >= 0.3 is 0 Å². The Hall–Kier alpha value is -0.230. The number of nitrogens with zero attached hydrogens (tertiary/aromatic N) is 1. The SMILES string of the molecule is CCN(CCN)C(C)c1cc(F)cc(Br)c1F.Cl. The van der Waals surface area contributed by atoms with Gasteiger partial charge in [0.05, 0.1) is 4.47 Å². The molecule has 0 aliphatic rings. The molecular formula is C12H18BrClF2N2. The lowest BCUT2D eigenvalue weighted by atomic mass is 10.1. The van der Waals surface area contributed by atoms with Crippen LogP contribution in [0.3, 0.4) is 0 Å². The highest BCUT2D eigenvalue weighted by molar-refractivity contribution is 9.10. The summed E-state index contributed by atoms with van der Waals surface area (Å²) in [6.07, 6.45) is 0. The van der Waals surface area contributed by atoms with Crippen LogP contribution in [0.5, 0.6) is 0 Å². The summed E-state index contributed by atoms with van der Waals surface area (Å²) in [6, 6.07) is 2.17. The fourth-order valence-corrected chi connectivity index (χ4v) is 2.32. The number of benzene rings is 1. The largest absolute Gasteiger partial charge is 0.329 e. The molecule has 0 heterocycles. The van der Waals surface area contributed by atoms with Crippen LogP contribution in [-0.2, 0) is 0 Å². The molecule has 2 nitrogen and oxygen atoms in total. The summed E-state index contributed by atoms with van der Waals surface area (Å²) in [5.41, 5.74) is 5.85. The first-order chi connectivity index (χ1) is 8.01. The van der Waals surface area contributed by atoms with Crippen molar-refractivity contribution in [2.24, 2.45) is 5.73 Å². The summed E-state index contributed by atoms with van der Waals surface area (Å²) >= 11 is 3.02. The Kier molecular flexibility index (Phi) is 7.94. The van der Waals surface area contributed by atoms with Gasteiger partial charge < -0.3 is 5.73 Å². The van der Waals surface area contributed by atoms with Gasteiger partial charge in [0.1, 0.15) is 11.6 Å². The maximum Gasteiger partial charge on any atom is 0.142 e. The average molecular weight is 344 g/mol. The van der Waals surface area contributed by atoms with Gasteiger partial charge in [-0.05, 0) is 41.5 Å². The zero-order valence-electron chi connectivity index (χ0n) is 10.4. The van der Waals surface area contributed by atoms with Crippen LogP contribution in [0, 0.1) is 11.6 Å². The molecule has 0 aliphatic heterocycles. The zero-order valence-corrected chi connectivity index (χ0v) is 12.8. The fourth-order valence-electron chi connectivity index (χ4n) is 1.87. The molecule has 0 aromatic heterocycles. The van der Waals surface area contributed by atoms with E-state index in [0.29, 0.717) is 18.7 Å². The third-order valence-electron chi connectivity index (χ3n) is 2.84. The number of halogens is 4. The van der Waals surface area contributed by atoms with Crippen LogP contribution in [0.1, 0.15) is 25.5 Å². The molecule has 1 rings (SSSR count). The number of nitrogens with two attached hydrogens (primary N) is 1. The lowest BCUT2D eigenvalue weighted by Crippen LogP contribution is -2.32. The number of hydrogen-bond donors (Lipinski definition) is 1. The normalized spacial score (nSPS) is 12.4. The molecule has 0 saturated heterocycles. The molecule has 0 bridgehead atoms. The molecule has 0 aliphatic carbocycles. The molecule has 18 heavy (non-hydrogen) atoms. The molecule has 0 radical (unpaired) electrons. The first-order valence-corrected chi connectivity index (χ1v) is 6.39. The van der Waals surface area contributed by atoms with Gasteiger partial charge in [-0.2, -0.15) is 0 Å². The Labute approximate surface area is 121 Å². The Morgan fingerprint density at radius 1 is 1.39 bits per heavy atom. The van der Waals surface area contributed by atoms with Crippen molar-refractivity contribution in [1.29, 1.82) is 0 Å².